The fourth-order valence-corrected chi connectivity index (χ4v) is 5.09. The van der Waals surface area contributed by atoms with E-state index in [-0.39, 0.29) is 18.1 Å². The molecule has 5 rings (SSSR count). The highest BCUT2D eigenvalue weighted by atomic mass is 32.1. The van der Waals surface area contributed by atoms with Crippen LogP contribution in [-0.2, 0) is 19.0 Å². The number of carbonyl (C=O) groups excluding carboxylic acids is 1. The van der Waals surface area contributed by atoms with Crippen LogP contribution >= 0.6 is 11.3 Å². The van der Waals surface area contributed by atoms with Crippen LogP contribution < -0.4 is 10.1 Å². The lowest BCUT2D eigenvalue weighted by atomic mass is 10.0. The Morgan fingerprint density at radius 1 is 1.28 bits per heavy atom. The number of aromatic nitrogens is 1. The molecule has 2 atom stereocenters. The molecule has 1 N–H and O–H groups in total. The third kappa shape index (κ3) is 3.78. The van der Waals surface area contributed by atoms with E-state index < -0.39 is 6.09 Å². The molecule has 10 heteroatoms. The molecule has 3 aliphatic heterocycles. The van der Waals surface area contributed by atoms with Crippen LogP contribution in [0.4, 0.5) is 9.93 Å². The summed E-state index contributed by atoms with van der Waals surface area (Å²) < 4.78 is 23.3. The van der Waals surface area contributed by atoms with Gasteiger partial charge in [-0.1, -0.05) is 17.4 Å². The number of methoxy groups -OCH3 is 1. The molecular weight excluding hydrogens is 398 g/mol. The maximum atomic E-state index is 12.4. The molecule has 3 aliphatic rings. The molecule has 3 fully saturated rings. The third-order valence-electron chi connectivity index (χ3n) is 5.47. The van der Waals surface area contributed by atoms with E-state index in [1.807, 2.05) is 12.1 Å². The quantitative estimate of drug-likeness (QED) is 0.805. The largest absolute Gasteiger partial charge is 0.494 e. The number of carbonyl (C=O) groups is 1. The van der Waals surface area contributed by atoms with E-state index in [1.165, 1.54) is 11.3 Å². The lowest BCUT2D eigenvalue weighted by Gasteiger charge is -2.24. The summed E-state index contributed by atoms with van der Waals surface area (Å²) in [4.78, 5) is 22.4. The number of morpholine rings is 1. The topological polar surface area (TPSA) is 91.4 Å². The Morgan fingerprint density at radius 2 is 2.10 bits per heavy atom. The normalized spacial score (nSPS) is 25.3. The first kappa shape index (κ1) is 19.0. The summed E-state index contributed by atoms with van der Waals surface area (Å²) in [6.07, 6.45) is 0.518. The van der Waals surface area contributed by atoms with Crippen LogP contribution in [0, 0.1) is 0 Å². The molecule has 29 heavy (non-hydrogen) atoms. The zero-order valence-electron chi connectivity index (χ0n) is 16.1. The van der Waals surface area contributed by atoms with Crippen molar-refractivity contribution in [3.63, 3.8) is 0 Å². The van der Waals surface area contributed by atoms with Gasteiger partial charge >= 0.3 is 6.09 Å². The SMILES string of the molecule is COc1ccc(C2COCCOC2)c2sc(NC(=O)ON3C[C@@H]4C[C@H]3CO4)nc12. The molecule has 0 saturated carbocycles. The van der Waals surface area contributed by atoms with Gasteiger partial charge in [0.2, 0.25) is 0 Å². The summed E-state index contributed by atoms with van der Waals surface area (Å²) in [6, 6.07) is 4.05. The van der Waals surface area contributed by atoms with Gasteiger partial charge in [-0.05, 0) is 18.1 Å². The predicted molar refractivity (Wildman–Crippen MR) is 106 cm³/mol. The monoisotopic (exact) mass is 421 g/mol. The molecule has 0 aliphatic carbocycles. The van der Waals surface area contributed by atoms with Gasteiger partial charge in [0.05, 0.1) is 63.5 Å². The Balaban J connectivity index is 1.36. The van der Waals surface area contributed by atoms with E-state index in [0.717, 1.165) is 16.7 Å². The summed E-state index contributed by atoms with van der Waals surface area (Å²) >= 11 is 1.40. The van der Waals surface area contributed by atoms with E-state index in [9.17, 15) is 4.79 Å². The fourth-order valence-electron chi connectivity index (χ4n) is 4.03. The summed E-state index contributed by atoms with van der Waals surface area (Å²) in [5.41, 5.74) is 1.79. The van der Waals surface area contributed by atoms with Crippen LogP contribution in [-0.4, -0.2) is 75.0 Å². The Morgan fingerprint density at radius 3 is 2.79 bits per heavy atom. The van der Waals surface area contributed by atoms with E-state index >= 15 is 0 Å². The van der Waals surface area contributed by atoms with Gasteiger partial charge in [-0.15, -0.1) is 5.06 Å². The van der Waals surface area contributed by atoms with E-state index in [4.69, 9.17) is 23.8 Å². The summed E-state index contributed by atoms with van der Waals surface area (Å²) in [7, 11) is 1.61. The Hall–Kier alpha value is -1.98. The Bertz CT molecular complexity index is 897. The Labute approximate surface area is 171 Å². The van der Waals surface area contributed by atoms with Crippen molar-refractivity contribution < 1.29 is 28.6 Å². The van der Waals surface area contributed by atoms with Gasteiger partial charge in [-0.2, -0.15) is 0 Å². The molecule has 1 aromatic heterocycles. The maximum Gasteiger partial charge on any atom is 0.432 e. The predicted octanol–water partition coefficient (Wildman–Crippen LogP) is 2.37. The number of anilines is 1. The number of nitrogens with one attached hydrogen (secondary N) is 1. The number of hydrogen-bond acceptors (Lipinski definition) is 9. The number of ether oxygens (including phenoxy) is 4. The summed E-state index contributed by atoms with van der Waals surface area (Å²) in [5, 5.41) is 4.92. The fraction of sp³-hybridized carbons (Fsp3) is 0.579. The van der Waals surface area contributed by atoms with E-state index in [2.05, 4.69) is 10.3 Å². The second-order valence-electron chi connectivity index (χ2n) is 7.35. The minimum absolute atomic E-state index is 0.103. The van der Waals surface area contributed by atoms with E-state index in [0.29, 0.717) is 56.0 Å². The number of fused-ring (bicyclic) bond motifs is 3. The molecule has 2 aromatic rings. The van der Waals surface area contributed by atoms with Crippen LogP contribution in [0.5, 0.6) is 5.75 Å². The smallest absolute Gasteiger partial charge is 0.432 e. The number of hydroxylamine groups is 2. The second kappa shape index (κ2) is 8.04. The highest BCUT2D eigenvalue weighted by Gasteiger charge is 2.41. The number of amides is 1. The van der Waals surface area contributed by atoms with Crippen LogP contribution in [0.25, 0.3) is 10.2 Å². The molecule has 2 bridgehead atoms. The third-order valence-corrected chi connectivity index (χ3v) is 6.49. The van der Waals surface area contributed by atoms with Gasteiger partial charge in [0, 0.05) is 5.92 Å². The summed E-state index contributed by atoms with van der Waals surface area (Å²) in [6.45, 7) is 3.58. The standard InChI is InChI=1S/C19H23N3O6S/c1-24-15-3-2-14(11-8-25-4-5-26-9-11)17-16(15)20-18(29-17)21-19(23)28-22-7-13-6-12(22)10-27-13/h2-3,11-13H,4-10H2,1H3,(H,20,21,23)/t12-,13-/m0/s1. The molecule has 1 amide bonds. The van der Waals surface area contributed by atoms with Crippen molar-refractivity contribution in [2.45, 2.75) is 24.5 Å². The number of nitrogens with zero attached hydrogens (tertiary/aromatic N) is 2. The van der Waals surface area contributed by atoms with Crippen molar-refractivity contribution in [3.8, 4) is 5.75 Å². The molecule has 3 saturated heterocycles. The number of hydrogen-bond donors (Lipinski definition) is 1. The molecule has 156 valence electrons. The van der Waals surface area contributed by atoms with Crippen LogP contribution in [0.2, 0.25) is 0 Å². The average molecular weight is 421 g/mol. The van der Waals surface area contributed by atoms with Crippen molar-refractivity contribution in [3.05, 3.63) is 17.7 Å². The van der Waals surface area contributed by atoms with Gasteiger partial charge in [0.25, 0.3) is 0 Å². The zero-order valence-corrected chi connectivity index (χ0v) is 16.9. The van der Waals surface area contributed by atoms with Crippen molar-refractivity contribution >= 4 is 32.8 Å². The van der Waals surface area contributed by atoms with Crippen LogP contribution in [0.3, 0.4) is 0 Å². The molecule has 4 heterocycles. The first-order valence-electron chi connectivity index (χ1n) is 9.71. The minimum atomic E-state index is -0.543. The number of rotatable bonds is 4. The molecule has 0 spiro atoms. The number of benzene rings is 1. The highest BCUT2D eigenvalue weighted by molar-refractivity contribution is 7.22. The summed E-state index contributed by atoms with van der Waals surface area (Å²) in [5.74, 6) is 0.761. The first-order valence-corrected chi connectivity index (χ1v) is 10.5. The van der Waals surface area contributed by atoms with Gasteiger partial charge in [-0.25, -0.2) is 9.78 Å². The highest BCUT2D eigenvalue weighted by Crippen LogP contribution is 2.38. The second-order valence-corrected chi connectivity index (χ2v) is 8.35. The minimum Gasteiger partial charge on any atom is -0.494 e. The maximum absolute atomic E-state index is 12.4. The molecule has 9 nitrogen and oxygen atoms in total. The zero-order chi connectivity index (χ0) is 19.8. The first-order chi connectivity index (χ1) is 14.2. The molecular formula is C19H23N3O6S. The van der Waals surface area contributed by atoms with Crippen molar-refractivity contribution in [2.75, 3.05) is 52.0 Å². The molecule has 0 unspecified atom stereocenters. The molecule has 1 aromatic carbocycles. The van der Waals surface area contributed by atoms with Crippen molar-refractivity contribution in [1.82, 2.24) is 10.0 Å². The van der Waals surface area contributed by atoms with Crippen LogP contribution in [0.1, 0.15) is 17.9 Å². The average Bonchev–Trinajstić information content (AvgIpc) is 3.38. The van der Waals surface area contributed by atoms with Gasteiger partial charge in [0.15, 0.2) is 5.13 Å². The lowest BCUT2D eigenvalue weighted by Crippen LogP contribution is -2.39. The number of thiazole rings is 1. The Kier molecular flexibility index (Phi) is 5.27. The van der Waals surface area contributed by atoms with E-state index in [1.54, 1.807) is 12.2 Å². The lowest BCUT2D eigenvalue weighted by molar-refractivity contribution is -0.146. The van der Waals surface area contributed by atoms with Gasteiger partial charge in [0.1, 0.15) is 11.3 Å². The van der Waals surface area contributed by atoms with Crippen molar-refractivity contribution in [2.24, 2.45) is 0 Å². The van der Waals surface area contributed by atoms with Crippen molar-refractivity contribution in [1.29, 1.82) is 0 Å². The van der Waals surface area contributed by atoms with Crippen LogP contribution in [0.15, 0.2) is 12.1 Å². The van der Waals surface area contributed by atoms with Gasteiger partial charge < -0.3 is 23.8 Å². The van der Waals surface area contributed by atoms with Gasteiger partial charge in [-0.3, -0.25) is 5.32 Å². The molecule has 0 radical (unpaired) electrons.